The maximum atomic E-state index is 12.0. The Labute approximate surface area is 118 Å². The highest BCUT2D eigenvalue weighted by Crippen LogP contribution is 2.20. The molecule has 0 aliphatic carbocycles. The third kappa shape index (κ3) is 2.65. The Balaban J connectivity index is 2.65. The van der Waals surface area contributed by atoms with E-state index in [0.29, 0.717) is 35.2 Å². The first-order chi connectivity index (χ1) is 9.60. The minimum Gasteiger partial charge on any atom is -0.396 e. The highest BCUT2D eigenvalue weighted by molar-refractivity contribution is 7.99. The van der Waals surface area contributed by atoms with E-state index in [0.717, 1.165) is 0 Å². The normalized spacial score (nSPS) is 11.3. The molecule has 9 heteroatoms. The Morgan fingerprint density at radius 1 is 1.45 bits per heavy atom. The zero-order chi connectivity index (χ0) is 14.7. The lowest BCUT2D eigenvalue weighted by molar-refractivity contribution is 0.186. The molecule has 20 heavy (non-hydrogen) atoms. The van der Waals surface area contributed by atoms with Gasteiger partial charge in [0.05, 0.1) is 13.2 Å². The first-order valence-electron chi connectivity index (χ1n) is 6.02. The predicted molar refractivity (Wildman–Crippen MR) is 75.3 cm³/mol. The average Bonchev–Trinajstić information content (AvgIpc) is 2.79. The lowest BCUT2D eigenvalue weighted by atomic mass is 10.5. The highest BCUT2D eigenvalue weighted by Gasteiger charge is 2.17. The molecule has 0 atom stereocenters. The van der Waals surface area contributed by atoms with Crippen LogP contribution >= 0.6 is 11.8 Å². The molecule has 0 fully saturated rings. The maximum Gasteiger partial charge on any atom is 0.329 e. The second-order valence-electron chi connectivity index (χ2n) is 4.10. The minimum atomic E-state index is -0.502. The van der Waals surface area contributed by atoms with Gasteiger partial charge in [-0.1, -0.05) is 11.8 Å². The van der Waals surface area contributed by atoms with Crippen LogP contribution in [-0.2, 0) is 18.3 Å². The van der Waals surface area contributed by atoms with Crippen LogP contribution in [0.5, 0.6) is 0 Å². The molecule has 2 heterocycles. The zero-order valence-corrected chi connectivity index (χ0v) is 12.1. The molecule has 0 aliphatic rings. The Bertz CT molecular complexity index is 718. The van der Waals surface area contributed by atoms with Gasteiger partial charge in [0.15, 0.2) is 16.3 Å². The summed E-state index contributed by atoms with van der Waals surface area (Å²) in [6, 6.07) is 0. The van der Waals surface area contributed by atoms with Crippen LogP contribution in [0.25, 0.3) is 11.2 Å². The summed E-state index contributed by atoms with van der Waals surface area (Å²) in [6.07, 6.45) is 0. The van der Waals surface area contributed by atoms with Gasteiger partial charge in [-0.05, 0) is 0 Å². The van der Waals surface area contributed by atoms with E-state index in [1.165, 1.54) is 16.3 Å². The number of aromatic nitrogens is 4. The molecule has 0 unspecified atom stereocenters. The van der Waals surface area contributed by atoms with Gasteiger partial charge in [-0.2, -0.15) is 0 Å². The molecule has 2 rings (SSSR count). The predicted octanol–water partition coefficient (Wildman–Crippen LogP) is -0.846. The number of aliphatic hydroxyl groups is 1. The SMILES string of the molecule is COCCn1c(SCCO)nc2c1c(=O)[nH]c(=O)n2C. The van der Waals surface area contributed by atoms with Gasteiger partial charge in [0.1, 0.15) is 0 Å². The largest absolute Gasteiger partial charge is 0.396 e. The summed E-state index contributed by atoms with van der Waals surface area (Å²) in [4.78, 5) is 30.2. The summed E-state index contributed by atoms with van der Waals surface area (Å²) in [5.74, 6) is 0.460. The van der Waals surface area contributed by atoms with Crippen molar-refractivity contribution in [2.24, 2.45) is 7.05 Å². The number of imidazole rings is 1. The van der Waals surface area contributed by atoms with E-state index in [9.17, 15) is 9.59 Å². The summed E-state index contributed by atoms with van der Waals surface area (Å²) >= 11 is 1.32. The number of nitrogens with one attached hydrogen (secondary N) is 1. The quantitative estimate of drug-likeness (QED) is 0.674. The van der Waals surface area contributed by atoms with Crippen LogP contribution in [0.15, 0.2) is 14.7 Å². The third-order valence-electron chi connectivity index (χ3n) is 2.81. The summed E-state index contributed by atoms with van der Waals surface area (Å²) in [6.45, 7) is 0.871. The number of hydrogen-bond acceptors (Lipinski definition) is 6. The van der Waals surface area contributed by atoms with Gasteiger partial charge < -0.3 is 14.4 Å². The second kappa shape index (κ2) is 6.25. The van der Waals surface area contributed by atoms with Crippen LogP contribution in [0, 0.1) is 0 Å². The van der Waals surface area contributed by atoms with Crippen molar-refractivity contribution in [1.29, 1.82) is 0 Å². The van der Waals surface area contributed by atoms with Crippen molar-refractivity contribution in [3.05, 3.63) is 20.8 Å². The van der Waals surface area contributed by atoms with Crippen molar-refractivity contribution in [1.82, 2.24) is 19.1 Å². The smallest absolute Gasteiger partial charge is 0.329 e. The molecular formula is C11H16N4O4S. The van der Waals surface area contributed by atoms with Crippen molar-refractivity contribution in [2.75, 3.05) is 26.1 Å². The Hall–Kier alpha value is -1.58. The van der Waals surface area contributed by atoms with Crippen molar-refractivity contribution in [3.63, 3.8) is 0 Å². The Kier molecular flexibility index (Phi) is 4.63. The number of ether oxygens (including phenoxy) is 1. The van der Waals surface area contributed by atoms with Gasteiger partial charge in [-0.25, -0.2) is 9.78 Å². The van der Waals surface area contributed by atoms with Crippen LogP contribution in [-0.4, -0.2) is 50.3 Å². The third-order valence-corrected chi connectivity index (χ3v) is 3.77. The van der Waals surface area contributed by atoms with Gasteiger partial charge in [0.2, 0.25) is 0 Å². The van der Waals surface area contributed by atoms with Gasteiger partial charge >= 0.3 is 5.69 Å². The number of thioether (sulfide) groups is 1. The zero-order valence-electron chi connectivity index (χ0n) is 11.3. The number of rotatable bonds is 6. The minimum absolute atomic E-state index is 0.00738. The van der Waals surface area contributed by atoms with E-state index >= 15 is 0 Å². The fourth-order valence-electron chi connectivity index (χ4n) is 1.85. The van der Waals surface area contributed by atoms with Gasteiger partial charge in [0, 0.05) is 26.5 Å². The Morgan fingerprint density at radius 3 is 2.85 bits per heavy atom. The number of aryl methyl sites for hydroxylation is 1. The standard InChI is InChI=1S/C11H16N4O4S/c1-14-8-7(9(17)13-10(14)18)15(3-5-19-2)11(12-8)20-6-4-16/h16H,3-6H2,1-2H3,(H,13,17,18). The molecule has 110 valence electrons. The fraction of sp³-hybridized carbons (Fsp3) is 0.545. The van der Waals surface area contributed by atoms with Crippen molar-refractivity contribution >= 4 is 22.9 Å². The molecule has 0 saturated heterocycles. The number of aliphatic hydroxyl groups excluding tert-OH is 1. The van der Waals surface area contributed by atoms with Crippen molar-refractivity contribution in [2.45, 2.75) is 11.7 Å². The molecule has 0 saturated carbocycles. The summed E-state index contributed by atoms with van der Waals surface area (Å²) in [5, 5.41) is 9.50. The summed E-state index contributed by atoms with van der Waals surface area (Å²) in [5.41, 5.74) is -0.306. The topological polar surface area (TPSA) is 102 Å². The highest BCUT2D eigenvalue weighted by atomic mass is 32.2. The van der Waals surface area contributed by atoms with Crippen LogP contribution in [0.1, 0.15) is 0 Å². The van der Waals surface area contributed by atoms with Crippen LogP contribution in [0.4, 0.5) is 0 Å². The number of nitrogens with zero attached hydrogens (tertiary/aromatic N) is 3. The van der Waals surface area contributed by atoms with Crippen molar-refractivity contribution < 1.29 is 9.84 Å². The first-order valence-corrected chi connectivity index (χ1v) is 7.00. The molecule has 2 aromatic rings. The van der Waals surface area contributed by atoms with E-state index in [-0.39, 0.29) is 6.61 Å². The van der Waals surface area contributed by atoms with E-state index < -0.39 is 11.2 Å². The van der Waals surface area contributed by atoms with Crippen LogP contribution in [0.2, 0.25) is 0 Å². The number of aromatic amines is 1. The van der Waals surface area contributed by atoms with Gasteiger partial charge in [0.25, 0.3) is 5.56 Å². The molecule has 0 aliphatic heterocycles. The van der Waals surface area contributed by atoms with E-state index in [1.807, 2.05) is 0 Å². The monoisotopic (exact) mass is 300 g/mol. The average molecular weight is 300 g/mol. The van der Waals surface area contributed by atoms with Gasteiger partial charge in [-0.3, -0.25) is 14.3 Å². The van der Waals surface area contributed by atoms with Crippen molar-refractivity contribution in [3.8, 4) is 0 Å². The maximum absolute atomic E-state index is 12.0. The fourth-order valence-corrected chi connectivity index (χ4v) is 2.62. The lowest BCUT2D eigenvalue weighted by Crippen LogP contribution is -2.29. The van der Waals surface area contributed by atoms with E-state index in [4.69, 9.17) is 9.84 Å². The van der Waals surface area contributed by atoms with E-state index in [1.54, 1.807) is 18.7 Å². The van der Waals surface area contributed by atoms with E-state index in [2.05, 4.69) is 9.97 Å². The number of fused-ring (bicyclic) bond motifs is 1. The molecule has 2 N–H and O–H groups in total. The van der Waals surface area contributed by atoms with Crippen LogP contribution < -0.4 is 11.2 Å². The Morgan fingerprint density at radius 2 is 2.20 bits per heavy atom. The summed E-state index contributed by atoms with van der Waals surface area (Å²) in [7, 11) is 3.12. The molecule has 0 spiro atoms. The van der Waals surface area contributed by atoms with Gasteiger partial charge in [-0.15, -0.1) is 0 Å². The molecule has 8 nitrogen and oxygen atoms in total. The molecule has 0 radical (unpaired) electrons. The lowest BCUT2D eigenvalue weighted by Gasteiger charge is -2.06. The summed E-state index contributed by atoms with van der Waals surface area (Å²) < 4.78 is 8.03. The first kappa shape index (κ1) is 14.8. The molecule has 0 bridgehead atoms. The second-order valence-corrected chi connectivity index (χ2v) is 5.16. The molecule has 0 aromatic carbocycles. The molecule has 2 aromatic heterocycles. The molecular weight excluding hydrogens is 284 g/mol. The van der Waals surface area contributed by atoms with Crippen LogP contribution in [0.3, 0.4) is 0 Å². The number of H-pyrrole nitrogens is 1. The molecule has 0 amide bonds. The number of methoxy groups -OCH3 is 1. The number of hydrogen-bond donors (Lipinski definition) is 2.